The van der Waals surface area contributed by atoms with Crippen molar-refractivity contribution in [2.24, 2.45) is 0 Å². The Kier molecular flexibility index (Phi) is 7.69. The van der Waals surface area contributed by atoms with E-state index in [4.69, 9.17) is 27.9 Å². The molecule has 3 aromatic rings. The minimum absolute atomic E-state index is 0.395. The van der Waals surface area contributed by atoms with Crippen LogP contribution < -0.4 is 5.32 Å². The highest BCUT2D eigenvalue weighted by Gasteiger charge is 2.18. The van der Waals surface area contributed by atoms with Gasteiger partial charge in [-0.1, -0.05) is 47.5 Å². The van der Waals surface area contributed by atoms with Crippen LogP contribution >= 0.6 is 23.2 Å². The van der Waals surface area contributed by atoms with E-state index >= 15 is 0 Å². The second kappa shape index (κ2) is 10.4. The molecule has 0 radical (unpaired) electrons. The fraction of sp³-hybridized carbons (Fsp3) is 0.217. The molecule has 30 heavy (non-hydrogen) atoms. The van der Waals surface area contributed by atoms with Crippen molar-refractivity contribution in [3.8, 4) is 11.1 Å². The largest absolute Gasteiger partial charge is 0.441 e. The molecular formula is C23H23Cl2N3O2. The number of carbonyl (C=O) groups is 1. The van der Waals surface area contributed by atoms with Gasteiger partial charge in [-0.2, -0.15) is 0 Å². The van der Waals surface area contributed by atoms with Gasteiger partial charge in [-0.3, -0.25) is 10.3 Å². The van der Waals surface area contributed by atoms with Crippen molar-refractivity contribution < 1.29 is 9.53 Å². The molecule has 1 heterocycles. The van der Waals surface area contributed by atoms with Gasteiger partial charge in [0, 0.05) is 41.1 Å². The predicted octanol–water partition coefficient (Wildman–Crippen LogP) is 6.30. The third-order valence-corrected chi connectivity index (χ3v) is 4.93. The van der Waals surface area contributed by atoms with Crippen molar-refractivity contribution in [1.82, 2.24) is 9.88 Å². The molecule has 1 aromatic heterocycles. The van der Waals surface area contributed by atoms with E-state index in [0.29, 0.717) is 22.2 Å². The lowest BCUT2D eigenvalue weighted by molar-refractivity contribution is 0.100. The average Bonchev–Trinajstić information content (AvgIpc) is 2.71. The molecule has 0 aliphatic rings. The Labute approximate surface area is 186 Å². The van der Waals surface area contributed by atoms with Gasteiger partial charge in [0.05, 0.1) is 0 Å². The number of pyridine rings is 1. The van der Waals surface area contributed by atoms with E-state index in [-0.39, 0.29) is 0 Å². The van der Waals surface area contributed by atoms with E-state index in [1.165, 1.54) is 0 Å². The summed E-state index contributed by atoms with van der Waals surface area (Å²) in [4.78, 5) is 18.6. The lowest BCUT2D eigenvalue weighted by Crippen LogP contribution is -2.22. The van der Waals surface area contributed by atoms with Gasteiger partial charge in [0.2, 0.25) is 0 Å². The Morgan fingerprint density at radius 1 is 1.00 bits per heavy atom. The second-order valence-corrected chi connectivity index (χ2v) is 8.00. The van der Waals surface area contributed by atoms with E-state index in [1.54, 1.807) is 30.6 Å². The SMILES string of the molecule is CN(C)CCC(OC(=O)Nc1cc(Cl)cc(Cl)c1)c1ccc(-c2ccncc2)cc1. The van der Waals surface area contributed by atoms with Gasteiger partial charge in [-0.15, -0.1) is 0 Å². The van der Waals surface area contributed by atoms with Crippen molar-refractivity contribution in [1.29, 1.82) is 0 Å². The maximum Gasteiger partial charge on any atom is 0.412 e. The molecule has 0 spiro atoms. The maximum atomic E-state index is 12.5. The van der Waals surface area contributed by atoms with Crippen molar-refractivity contribution in [3.05, 3.63) is 82.6 Å². The quantitative estimate of drug-likeness (QED) is 0.465. The number of aromatic nitrogens is 1. The molecule has 5 nitrogen and oxygen atoms in total. The number of nitrogens with zero attached hydrogens (tertiary/aromatic N) is 2. The summed E-state index contributed by atoms with van der Waals surface area (Å²) < 4.78 is 5.74. The lowest BCUT2D eigenvalue weighted by atomic mass is 10.0. The van der Waals surface area contributed by atoms with Crippen molar-refractivity contribution >= 4 is 35.0 Å². The zero-order valence-electron chi connectivity index (χ0n) is 16.8. The first-order chi connectivity index (χ1) is 14.4. The number of hydrogen-bond donors (Lipinski definition) is 1. The number of hydrogen-bond acceptors (Lipinski definition) is 4. The number of amides is 1. The highest BCUT2D eigenvalue weighted by molar-refractivity contribution is 6.35. The van der Waals surface area contributed by atoms with E-state index in [0.717, 1.165) is 23.2 Å². The minimum Gasteiger partial charge on any atom is -0.441 e. The number of benzene rings is 2. The lowest BCUT2D eigenvalue weighted by Gasteiger charge is -2.21. The Hall–Kier alpha value is -2.60. The second-order valence-electron chi connectivity index (χ2n) is 7.13. The van der Waals surface area contributed by atoms with Gasteiger partial charge < -0.3 is 9.64 Å². The summed E-state index contributed by atoms with van der Waals surface area (Å²) in [6, 6.07) is 16.8. The molecule has 0 aliphatic heterocycles. The van der Waals surface area contributed by atoms with Crippen LogP contribution in [0.4, 0.5) is 10.5 Å². The minimum atomic E-state index is -0.560. The molecular weight excluding hydrogens is 421 g/mol. The number of anilines is 1. The predicted molar refractivity (Wildman–Crippen MR) is 122 cm³/mol. The highest BCUT2D eigenvalue weighted by Crippen LogP contribution is 2.27. The number of carbonyl (C=O) groups excluding carboxylic acids is 1. The fourth-order valence-electron chi connectivity index (χ4n) is 3.01. The fourth-order valence-corrected chi connectivity index (χ4v) is 3.53. The summed E-state index contributed by atoms with van der Waals surface area (Å²) in [6.07, 6.45) is 3.23. The van der Waals surface area contributed by atoms with E-state index < -0.39 is 12.2 Å². The van der Waals surface area contributed by atoms with Crippen LogP contribution in [-0.2, 0) is 4.74 Å². The Morgan fingerprint density at radius 3 is 2.20 bits per heavy atom. The molecule has 0 saturated heterocycles. The van der Waals surface area contributed by atoms with Crippen LogP contribution in [0.1, 0.15) is 18.1 Å². The van der Waals surface area contributed by atoms with Gasteiger partial charge in [-0.05, 0) is 61.1 Å². The standard InChI is InChI=1S/C23H23Cl2N3O2/c1-28(2)12-9-22(30-23(29)27-21-14-19(24)13-20(25)15-21)18-5-3-16(4-6-18)17-7-10-26-11-8-17/h3-8,10-11,13-15,22H,9,12H2,1-2H3,(H,27,29). The molecule has 1 amide bonds. The maximum absolute atomic E-state index is 12.5. The van der Waals surface area contributed by atoms with Gasteiger partial charge in [0.25, 0.3) is 0 Å². The van der Waals surface area contributed by atoms with E-state index in [9.17, 15) is 4.79 Å². The highest BCUT2D eigenvalue weighted by atomic mass is 35.5. The molecule has 0 saturated carbocycles. The first-order valence-electron chi connectivity index (χ1n) is 9.49. The first-order valence-corrected chi connectivity index (χ1v) is 10.2. The molecule has 1 atom stereocenters. The topological polar surface area (TPSA) is 54.5 Å². The first kappa shape index (κ1) is 22.1. The van der Waals surface area contributed by atoms with Crippen LogP contribution in [0.2, 0.25) is 10.0 Å². The number of ether oxygens (including phenoxy) is 1. The monoisotopic (exact) mass is 443 g/mol. The van der Waals surface area contributed by atoms with Crippen molar-refractivity contribution in [3.63, 3.8) is 0 Å². The molecule has 2 aromatic carbocycles. The van der Waals surface area contributed by atoms with Crippen LogP contribution in [0.25, 0.3) is 11.1 Å². The zero-order chi connectivity index (χ0) is 21.5. The molecule has 0 fully saturated rings. The summed E-state index contributed by atoms with van der Waals surface area (Å²) >= 11 is 12.0. The van der Waals surface area contributed by atoms with Crippen LogP contribution in [0.5, 0.6) is 0 Å². The normalized spacial score (nSPS) is 11.9. The molecule has 1 unspecified atom stereocenters. The van der Waals surface area contributed by atoms with E-state index in [2.05, 4.69) is 15.2 Å². The summed E-state index contributed by atoms with van der Waals surface area (Å²) in [6.45, 7) is 0.771. The molecule has 0 bridgehead atoms. The summed E-state index contributed by atoms with van der Waals surface area (Å²) in [5.74, 6) is 0. The third-order valence-electron chi connectivity index (χ3n) is 4.49. The summed E-state index contributed by atoms with van der Waals surface area (Å²) in [5, 5.41) is 3.58. The van der Waals surface area contributed by atoms with Crippen LogP contribution in [-0.4, -0.2) is 36.6 Å². The van der Waals surface area contributed by atoms with Crippen molar-refractivity contribution in [2.45, 2.75) is 12.5 Å². The number of nitrogens with one attached hydrogen (secondary N) is 1. The molecule has 1 N–H and O–H groups in total. The average molecular weight is 444 g/mol. The molecule has 3 rings (SSSR count). The van der Waals surface area contributed by atoms with Gasteiger partial charge in [-0.25, -0.2) is 4.79 Å². The Morgan fingerprint density at radius 2 is 1.60 bits per heavy atom. The van der Waals surface area contributed by atoms with Crippen LogP contribution in [0.3, 0.4) is 0 Å². The summed E-state index contributed by atoms with van der Waals surface area (Å²) in [7, 11) is 3.97. The van der Waals surface area contributed by atoms with Crippen LogP contribution in [0.15, 0.2) is 67.0 Å². The molecule has 7 heteroatoms. The number of halogens is 2. The zero-order valence-corrected chi connectivity index (χ0v) is 18.3. The van der Waals surface area contributed by atoms with Crippen LogP contribution in [0, 0.1) is 0 Å². The third kappa shape index (κ3) is 6.46. The summed E-state index contributed by atoms with van der Waals surface area (Å²) in [5.41, 5.74) is 3.56. The number of rotatable bonds is 7. The Bertz CT molecular complexity index is 959. The van der Waals surface area contributed by atoms with Crippen molar-refractivity contribution in [2.75, 3.05) is 26.0 Å². The van der Waals surface area contributed by atoms with Gasteiger partial charge in [0.1, 0.15) is 6.10 Å². The van der Waals surface area contributed by atoms with Gasteiger partial charge in [0.15, 0.2) is 0 Å². The Balaban J connectivity index is 1.74. The molecule has 0 aliphatic carbocycles. The van der Waals surface area contributed by atoms with E-state index in [1.807, 2.05) is 50.5 Å². The van der Waals surface area contributed by atoms with Gasteiger partial charge >= 0.3 is 6.09 Å². The smallest absolute Gasteiger partial charge is 0.412 e. The molecule has 156 valence electrons.